The second-order valence-corrected chi connectivity index (χ2v) is 6.51. The molecule has 1 heterocycles. The zero-order valence-corrected chi connectivity index (χ0v) is 14.8. The summed E-state index contributed by atoms with van der Waals surface area (Å²) < 4.78 is 40.5. The van der Waals surface area contributed by atoms with E-state index in [1.54, 1.807) is 30.3 Å². The number of carbonyl (C=O) groups excluding carboxylic acids is 2. The average Bonchev–Trinajstić information content (AvgIpc) is 3.16. The fraction of sp³-hybridized carbons (Fsp3) is 0.238. The summed E-state index contributed by atoms with van der Waals surface area (Å²) in [5.74, 6) is 3.43. The number of likely N-dealkylation sites (tertiary alicyclic amines) is 1. The van der Waals surface area contributed by atoms with Gasteiger partial charge in [0.15, 0.2) is 0 Å². The molecule has 2 aromatic carbocycles. The molecule has 28 heavy (non-hydrogen) atoms. The average molecular weight is 386 g/mol. The molecule has 2 aromatic rings. The number of hydrogen-bond acceptors (Lipinski definition) is 2. The summed E-state index contributed by atoms with van der Waals surface area (Å²) in [5.41, 5.74) is 5.00. The Morgan fingerprint density at radius 3 is 2.43 bits per heavy atom. The largest absolute Gasteiger partial charge is 0.417 e. The number of alkyl halides is 3. The van der Waals surface area contributed by atoms with E-state index in [2.05, 4.69) is 11.8 Å². The number of carbonyl (C=O) groups is 2. The minimum atomic E-state index is -4.56. The van der Waals surface area contributed by atoms with Crippen LogP contribution >= 0.6 is 0 Å². The van der Waals surface area contributed by atoms with Crippen molar-refractivity contribution < 1.29 is 22.8 Å². The first kappa shape index (κ1) is 19.5. The summed E-state index contributed by atoms with van der Waals surface area (Å²) in [7, 11) is 0. The third-order valence-corrected chi connectivity index (χ3v) is 4.60. The second kappa shape index (κ2) is 7.77. The van der Waals surface area contributed by atoms with E-state index in [4.69, 9.17) is 5.73 Å². The van der Waals surface area contributed by atoms with Gasteiger partial charge in [-0.05, 0) is 29.7 Å². The van der Waals surface area contributed by atoms with Crippen molar-refractivity contribution in [2.45, 2.75) is 12.6 Å². The van der Waals surface area contributed by atoms with E-state index >= 15 is 0 Å². The van der Waals surface area contributed by atoms with Gasteiger partial charge in [-0.2, -0.15) is 13.2 Å². The van der Waals surface area contributed by atoms with Gasteiger partial charge in [-0.3, -0.25) is 9.59 Å². The molecule has 144 valence electrons. The monoisotopic (exact) mass is 386 g/mol. The van der Waals surface area contributed by atoms with Crippen molar-refractivity contribution in [1.29, 1.82) is 0 Å². The molecule has 1 fully saturated rings. The van der Waals surface area contributed by atoms with Crippen molar-refractivity contribution in [2.75, 3.05) is 13.1 Å². The van der Waals surface area contributed by atoms with E-state index in [9.17, 15) is 22.8 Å². The molecular weight excluding hydrogens is 369 g/mol. The van der Waals surface area contributed by atoms with Crippen LogP contribution in [0.3, 0.4) is 0 Å². The van der Waals surface area contributed by atoms with E-state index in [-0.39, 0.29) is 17.7 Å². The van der Waals surface area contributed by atoms with Crippen molar-refractivity contribution in [3.8, 4) is 23.0 Å². The van der Waals surface area contributed by atoms with E-state index in [0.29, 0.717) is 18.5 Å². The smallest absolute Gasteiger partial charge is 0.369 e. The highest BCUT2D eigenvalue weighted by molar-refractivity contribution is 5.95. The number of primary amides is 1. The molecule has 4 nitrogen and oxygen atoms in total. The topological polar surface area (TPSA) is 63.4 Å². The van der Waals surface area contributed by atoms with Gasteiger partial charge in [0.25, 0.3) is 5.91 Å². The lowest BCUT2D eigenvalue weighted by atomic mass is 9.97. The van der Waals surface area contributed by atoms with Crippen molar-refractivity contribution in [3.63, 3.8) is 0 Å². The fourth-order valence-corrected chi connectivity index (χ4v) is 3.11. The van der Waals surface area contributed by atoms with Gasteiger partial charge in [0.05, 0.1) is 11.5 Å². The Hall–Kier alpha value is -3.27. The highest BCUT2D eigenvalue weighted by Crippen LogP contribution is 2.37. The highest BCUT2D eigenvalue weighted by atomic mass is 19.4. The van der Waals surface area contributed by atoms with Crippen molar-refractivity contribution in [1.82, 2.24) is 4.90 Å². The van der Waals surface area contributed by atoms with Crippen LogP contribution in [0.2, 0.25) is 0 Å². The molecular formula is C21H17F3N2O2. The Morgan fingerprint density at radius 2 is 1.82 bits per heavy atom. The van der Waals surface area contributed by atoms with E-state index in [0.717, 1.165) is 6.07 Å². The SMILES string of the molecule is NC(=O)[C@H]1CCN(C(=O)C#Cc2ccc(-c3ccccc3)c(C(F)(F)F)c2)C1. The van der Waals surface area contributed by atoms with Gasteiger partial charge < -0.3 is 10.6 Å². The summed E-state index contributed by atoms with van der Waals surface area (Å²) in [5, 5.41) is 0. The molecule has 1 atom stereocenters. The molecule has 2 amide bonds. The molecule has 0 unspecified atom stereocenters. The number of amides is 2. The number of nitrogens with two attached hydrogens (primary N) is 1. The third-order valence-electron chi connectivity index (χ3n) is 4.60. The van der Waals surface area contributed by atoms with Crippen LogP contribution < -0.4 is 5.73 Å². The second-order valence-electron chi connectivity index (χ2n) is 6.51. The predicted molar refractivity (Wildman–Crippen MR) is 97.6 cm³/mol. The van der Waals surface area contributed by atoms with Crippen LogP contribution in [0, 0.1) is 17.8 Å². The standard InChI is InChI=1S/C21H17F3N2O2/c22-21(23,24)18-12-14(6-8-17(18)15-4-2-1-3-5-15)7-9-19(27)26-11-10-16(13-26)20(25)28/h1-6,8,12,16H,10-11,13H2,(H2,25,28)/t16-/m0/s1. The van der Waals surface area contributed by atoms with Crippen LogP contribution in [-0.2, 0) is 15.8 Å². The lowest BCUT2D eigenvalue weighted by molar-refractivity contribution is -0.137. The van der Waals surface area contributed by atoms with Crippen molar-refractivity contribution in [3.05, 3.63) is 59.7 Å². The van der Waals surface area contributed by atoms with Crippen LogP contribution in [-0.4, -0.2) is 29.8 Å². The Morgan fingerprint density at radius 1 is 1.11 bits per heavy atom. The molecule has 0 aromatic heterocycles. The summed E-state index contributed by atoms with van der Waals surface area (Å²) in [4.78, 5) is 24.7. The van der Waals surface area contributed by atoms with Crippen molar-refractivity contribution in [2.24, 2.45) is 11.7 Å². The summed E-state index contributed by atoms with van der Waals surface area (Å²) in [6, 6.07) is 12.0. The molecule has 0 bridgehead atoms. The van der Waals surface area contributed by atoms with Gasteiger partial charge in [-0.1, -0.05) is 42.3 Å². The van der Waals surface area contributed by atoms with Gasteiger partial charge in [-0.15, -0.1) is 0 Å². The molecule has 7 heteroatoms. The minimum absolute atomic E-state index is 0.0498. The Bertz CT molecular complexity index is 959. The summed E-state index contributed by atoms with van der Waals surface area (Å²) >= 11 is 0. The molecule has 0 aliphatic carbocycles. The quantitative estimate of drug-likeness (QED) is 0.807. The van der Waals surface area contributed by atoms with Gasteiger partial charge in [-0.25, -0.2) is 0 Å². The zero-order chi connectivity index (χ0) is 20.3. The van der Waals surface area contributed by atoms with E-state index in [1.807, 2.05) is 0 Å². The minimum Gasteiger partial charge on any atom is -0.369 e. The molecule has 0 spiro atoms. The number of benzene rings is 2. The number of nitrogens with zero attached hydrogens (tertiary/aromatic N) is 1. The van der Waals surface area contributed by atoms with Gasteiger partial charge in [0.2, 0.25) is 5.91 Å². The van der Waals surface area contributed by atoms with Crippen LogP contribution in [0.5, 0.6) is 0 Å². The predicted octanol–water partition coefficient (Wildman–Crippen LogP) is 3.06. The van der Waals surface area contributed by atoms with Gasteiger partial charge >= 0.3 is 6.18 Å². The first-order chi connectivity index (χ1) is 13.3. The molecule has 1 aliphatic heterocycles. The van der Waals surface area contributed by atoms with Crippen LogP contribution in [0.25, 0.3) is 11.1 Å². The molecule has 0 radical (unpaired) electrons. The van der Waals surface area contributed by atoms with E-state index < -0.39 is 29.5 Å². The van der Waals surface area contributed by atoms with E-state index in [1.165, 1.54) is 17.0 Å². The first-order valence-corrected chi connectivity index (χ1v) is 8.62. The highest BCUT2D eigenvalue weighted by Gasteiger charge is 2.34. The maximum absolute atomic E-state index is 13.5. The first-order valence-electron chi connectivity index (χ1n) is 8.62. The van der Waals surface area contributed by atoms with Crippen LogP contribution in [0.15, 0.2) is 48.5 Å². The maximum Gasteiger partial charge on any atom is 0.417 e. The summed E-state index contributed by atoms with van der Waals surface area (Å²) in [6.45, 7) is 0.533. The molecule has 3 rings (SSSR count). The van der Waals surface area contributed by atoms with Crippen LogP contribution in [0.1, 0.15) is 17.5 Å². The Balaban J connectivity index is 1.86. The Labute approximate surface area is 160 Å². The van der Waals surface area contributed by atoms with Gasteiger partial charge in [0, 0.05) is 24.6 Å². The lowest BCUT2D eigenvalue weighted by Crippen LogP contribution is -2.30. The lowest BCUT2D eigenvalue weighted by Gasteiger charge is -2.14. The van der Waals surface area contributed by atoms with Crippen LogP contribution in [0.4, 0.5) is 13.2 Å². The molecule has 1 aliphatic rings. The number of halogens is 3. The zero-order valence-electron chi connectivity index (χ0n) is 14.8. The van der Waals surface area contributed by atoms with Crippen molar-refractivity contribution >= 4 is 11.8 Å². The summed E-state index contributed by atoms with van der Waals surface area (Å²) in [6.07, 6.45) is -4.09. The van der Waals surface area contributed by atoms with Gasteiger partial charge in [0.1, 0.15) is 0 Å². The number of hydrogen-bond donors (Lipinski definition) is 1. The normalized spacial score (nSPS) is 16.4. The molecule has 2 N–H and O–H groups in total. The Kier molecular flexibility index (Phi) is 5.41. The third kappa shape index (κ3) is 4.34. The molecule has 1 saturated heterocycles. The number of rotatable bonds is 2. The molecule has 0 saturated carbocycles. The fourth-order valence-electron chi connectivity index (χ4n) is 3.11. The maximum atomic E-state index is 13.5.